The number of aromatic nitrogens is 2. The summed E-state index contributed by atoms with van der Waals surface area (Å²) in [5.74, 6) is 2.33. The minimum Gasteiger partial charge on any atom is -0.332 e. The van der Waals surface area contributed by atoms with Crippen LogP contribution in [0.2, 0.25) is 0 Å². The number of alkyl halides is 3. The molecule has 6 nitrogen and oxygen atoms in total. The lowest BCUT2D eigenvalue weighted by Crippen LogP contribution is -2.31. The number of carbonyl (C=O) groups excluding carboxylic acids is 1. The molecular formula is C20H15F3N4O2. The van der Waals surface area contributed by atoms with Crippen molar-refractivity contribution < 1.29 is 18.0 Å². The van der Waals surface area contributed by atoms with E-state index in [9.17, 15) is 22.8 Å². The molecule has 0 aliphatic carbocycles. The molecule has 1 aromatic heterocycles. The Labute approximate surface area is 163 Å². The van der Waals surface area contributed by atoms with Crippen molar-refractivity contribution in [1.29, 1.82) is 0 Å². The third kappa shape index (κ3) is 4.38. The van der Waals surface area contributed by atoms with Gasteiger partial charge in [-0.25, -0.2) is 9.48 Å². The number of para-hydroxylation sites is 1. The minimum absolute atomic E-state index is 0.0537. The standard InChI is InChI=1S/C20H15F3N4O2/c1-2-11-27-18(28)14-8-4-3-7-13(14)17(26-27)12-24-19(29)25-16-10-6-5-9-15(16)20(21,22)23/h1,3-10H,11-12H2,(H2,24,25,29). The van der Waals surface area contributed by atoms with Gasteiger partial charge in [0.25, 0.3) is 5.56 Å². The van der Waals surface area contributed by atoms with Gasteiger partial charge >= 0.3 is 12.2 Å². The summed E-state index contributed by atoms with van der Waals surface area (Å²) in [6.07, 6.45) is 0.655. The van der Waals surface area contributed by atoms with Crippen LogP contribution in [0.4, 0.5) is 23.7 Å². The SMILES string of the molecule is C#CCn1nc(CNC(=O)Nc2ccccc2C(F)(F)F)c2ccccc2c1=O. The summed E-state index contributed by atoms with van der Waals surface area (Å²) in [6.45, 7) is -0.173. The summed E-state index contributed by atoms with van der Waals surface area (Å²) >= 11 is 0. The predicted molar refractivity (Wildman–Crippen MR) is 102 cm³/mol. The Kier molecular flexibility index (Phi) is 5.54. The molecule has 148 valence electrons. The van der Waals surface area contributed by atoms with E-state index in [1.54, 1.807) is 24.3 Å². The number of urea groups is 1. The molecule has 0 radical (unpaired) electrons. The van der Waals surface area contributed by atoms with Crippen molar-refractivity contribution in [1.82, 2.24) is 15.1 Å². The second kappa shape index (κ2) is 8.06. The molecule has 2 amide bonds. The highest BCUT2D eigenvalue weighted by Crippen LogP contribution is 2.34. The van der Waals surface area contributed by atoms with Gasteiger partial charge in [-0.05, 0) is 18.2 Å². The van der Waals surface area contributed by atoms with Crippen LogP contribution in [-0.2, 0) is 19.3 Å². The molecule has 2 N–H and O–H groups in total. The number of rotatable bonds is 4. The van der Waals surface area contributed by atoms with Crippen molar-refractivity contribution >= 4 is 22.5 Å². The first kappa shape index (κ1) is 19.9. The molecule has 0 saturated carbocycles. The number of anilines is 1. The van der Waals surface area contributed by atoms with Gasteiger partial charge < -0.3 is 10.6 Å². The van der Waals surface area contributed by atoms with Gasteiger partial charge in [0.1, 0.15) is 6.54 Å². The molecule has 1 heterocycles. The van der Waals surface area contributed by atoms with Crippen molar-refractivity contribution in [2.75, 3.05) is 5.32 Å². The highest BCUT2D eigenvalue weighted by atomic mass is 19.4. The molecule has 29 heavy (non-hydrogen) atoms. The first-order valence-electron chi connectivity index (χ1n) is 8.44. The van der Waals surface area contributed by atoms with Crippen molar-refractivity contribution in [3.63, 3.8) is 0 Å². The zero-order chi connectivity index (χ0) is 21.0. The average Bonchev–Trinajstić information content (AvgIpc) is 2.69. The number of terminal acetylenes is 1. The van der Waals surface area contributed by atoms with Crippen LogP contribution in [0.25, 0.3) is 10.8 Å². The molecule has 0 atom stereocenters. The summed E-state index contributed by atoms with van der Waals surface area (Å²) in [4.78, 5) is 24.5. The Bertz CT molecular complexity index is 1160. The normalized spacial score (nSPS) is 11.1. The second-order valence-electron chi connectivity index (χ2n) is 6.01. The van der Waals surface area contributed by atoms with Crippen LogP contribution < -0.4 is 16.2 Å². The highest BCUT2D eigenvalue weighted by molar-refractivity contribution is 5.90. The van der Waals surface area contributed by atoms with E-state index in [1.165, 1.54) is 12.1 Å². The fraction of sp³-hybridized carbons (Fsp3) is 0.150. The topological polar surface area (TPSA) is 76.0 Å². The van der Waals surface area contributed by atoms with Gasteiger partial charge in [-0.3, -0.25) is 4.79 Å². The van der Waals surface area contributed by atoms with Crippen LogP contribution in [0, 0.1) is 12.3 Å². The molecule has 0 unspecified atom stereocenters. The lowest BCUT2D eigenvalue weighted by atomic mass is 10.1. The first-order chi connectivity index (χ1) is 13.8. The Morgan fingerprint density at radius 3 is 2.45 bits per heavy atom. The fourth-order valence-electron chi connectivity index (χ4n) is 2.80. The number of nitrogens with one attached hydrogen (secondary N) is 2. The quantitative estimate of drug-likeness (QED) is 0.660. The Morgan fingerprint density at radius 1 is 1.10 bits per heavy atom. The monoisotopic (exact) mass is 400 g/mol. The van der Waals surface area contributed by atoms with Gasteiger partial charge in [0.05, 0.1) is 28.9 Å². The maximum atomic E-state index is 13.0. The van der Waals surface area contributed by atoms with Crippen LogP contribution in [0.5, 0.6) is 0 Å². The fourth-order valence-corrected chi connectivity index (χ4v) is 2.80. The van der Waals surface area contributed by atoms with Gasteiger partial charge in [0.2, 0.25) is 0 Å². The minimum atomic E-state index is -4.60. The molecule has 2 aromatic carbocycles. The third-order valence-electron chi connectivity index (χ3n) is 4.08. The van der Waals surface area contributed by atoms with Crippen LogP contribution in [-0.4, -0.2) is 15.8 Å². The number of hydrogen-bond donors (Lipinski definition) is 2. The van der Waals surface area contributed by atoms with E-state index in [1.807, 2.05) is 0 Å². The zero-order valence-electron chi connectivity index (χ0n) is 15.0. The first-order valence-corrected chi connectivity index (χ1v) is 8.44. The van der Waals surface area contributed by atoms with Crippen molar-refractivity contribution in [2.45, 2.75) is 19.3 Å². The van der Waals surface area contributed by atoms with E-state index >= 15 is 0 Å². The van der Waals surface area contributed by atoms with Gasteiger partial charge in [0, 0.05) is 5.39 Å². The van der Waals surface area contributed by atoms with Crippen LogP contribution in [0.3, 0.4) is 0 Å². The Morgan fingerprint density at radius 2 is 1.76 bits per heavy atom. The summed E-state index contributed by atoms with van der Waals surface area (Å²) in [6, 6.07) is 10.5. The van der Waals surface area contributed by atoms with E-state index in [-0.39, 0.29) is 24.3 Å². The summed E-state index contributed by atoms with van der Waals surface area (Å²) in [5, 5.41) is 9.70. The van der Waals surface area contributed by atoms with E-state index in [4.69, 9.17) is 6.42 Å². The zero-order valence-corrected chi connectivity index (χ0v) is 15.0. The molecule has 3 aromatic rings. The predicted octanol–water partition coefficient (Wildman–Crippen LogP) is 3.37. The maximum Gasteiger partial charge on any atom is 0.418 e. The number of amides is 2. The van der Waals surface area contributed by atoms with Crippen molar-refractivity contribution in [3.8, 4) is 12.3 Å². The van der Waals surface area contributed by atoms with Crippen LogP contribution >= 0.6 is 0 Å². The number of hydrogen-bond acceptors (Lipinski definition) is 3. The van der Waals surface area contributed by atoms with Gasteiger partial charge in [0.15, 0.2) is 0 Å². The lowest BCUT2D eigenvalue weighted by molar-refractivity contribution is -0.136. The van der Waals surface area contributed by atoms with E-state index in [0.29, 0.717) is 16.5 Å². The van der Waals surface area contributed by atoms with Gasteiger partial charge in [-0.1, -0.05) is 36.3 Å². The Balaban J connectivity index is 1.83. The van der Waals surface area contributed by atoms with Gasteiger partial charge in [-0.15, -0.1) is 6.42 Å². The van der Waals surface area contributed by atoms with Crippen molar-refractivity contribution in [3.05, 3.63) is 70.1 Å². The van der Waals surface area contributed by atoms with Gasteiger partial charge in [-0.2, -0.15) is 18.3 Å². The molecule has 0 aliphatic heterocycles. The average molecular weight is 400 g/mol. The molecule has 0 fully saturated rings. The molecule has 0 saturated heterocycles. The van der Waals surface area contributed by atoms with E-state index in [0.717, 1.165) is 16.8 Å². The molecule has 0 aliphatic rings. The number of fused-ring (bicyclic) bond motifs is 1. The number of carbonyl (C=O) groups is 1. The molecule has 0 spiro atoms. The Hall–Kier alpha value is -3.80. The summed E-state index contributed by atoms with van der Waals surface area (Å²) in [5.41, 5.74) is -1.34. The molecular weight excluding hydrogens is 385 g/mol. The second-order valence-corrected chi connectivity index (χ2v) is 6.01. The maximum absolute atomic E-state index is 13.0. The van der Waals surface area contributed by atoms with Crippen LogP contribution in [0.15, 0.2) is 53.3 Å². The molecule has 9 heteroatoms. The lowest BCUT2D eigenvalue weighted by Gasteiger charge is -2.14. The van der Waals surface area contributed by atoms with Crippen LogP contribution in [0.1, 0.15) is 11.3 Å². The summed E-state index contributed by atoms with van der Waals surface area (Å²) in [7, 11) is 0. The van der Waals surface area contributed by atoms with Crippen molar-refractivity contribution in [2.24, 2.45) is 0 Å². The largest absolute Gasteiger partial charge is 0.418 e. The highest BCUT2D eigenvalue weighted by Gasteiger charge is 2.33. The molecule has 3 rings (SSSR count). The number of benzene rings is 2. The number of nitrogens with zero attached hydrogens (tertiary/aromatic N) is 2. The molecule has 0 bridgehead atoms. The van der Waals surface area contributed by atoms with E-state index < -0.39 is 17.8 Å². The third-order valence-corrected chi connectivity index (χ3v) is 4.08. The van der Waals surface area contributed by atoms with E-state index in [2.05, 4.69) is 21.7 Å². The summed E-state index contributed by atoms with van der Waals surface area (Å²) < 4.78 is 40.2. The smallest absolute Gasteiger partial charge is 0.332 e. The number of halogens is 3.